The lowest BCUT2D eigenvalue weighted by atomic mass is 10.0. The summed E-state index contributed by atoms with van der Waals surface area (Å²) in [5, 5.41) is 22.5. The zero-order chi connectivity index (χ0) is 24.2. The van der Waals surface area contributed by atoms with Gasteiger partial charge in [-0.2, -0.15) is 0 Å². The Labute approximate surface area is 199 Å². The fourth-order valence-electron chi connectivity index (χ4n) is 3.39. The first-order chi connectivity index (χ1) is 16.4. The molecule has 34 heavy (non-hydrogen) atoms. The zero-order valence-electron chi connectivity index (χ0n) is 17.9. The summed E-state index contributed by atoms with van der Waals surface area (Å²) >= 11 is 5.96. The van der Waals surface area contributed by atoms with Crippen LogP contribution in [0.3, 0.4) is 0 Å². The van der Waals surface area contributed by atoms with E-state index in [0.29, 0.717) is 33.3 Å². The molecule has 9 heteroatoms. The van der Waals surface area contributed by atoms with Crippen molar-refractivity contribution in [2.24, 2.45) is 4.99 Å². The molecule has 4 rings (SSSR count). The van der Waals surface area contributed by atoms with Gasteiger partial charge in [0.2, 0.25) is 5.88 Å². The quantitative estimate of drug-likeness (QED) is 0.224. The van der Waals surface area contributed by atoms with Gasteiger partial charge in [0.1, 0.15) is 5.75 Å². The maximum Gasteiger partial charge on any atom is 0.269 e. The van der Waals surface area contributed by atoms with E-state index in [1.54, 1.807) is 55.6 Å². The summed E-state index contributed by atoms with van der Waals surface area (Å²) < 4.78 is 6.35. The molecule has 3 aromatic carbocycles. The predicted molar refractivity (Wildman–Crippen MR) is 131 cm³/mol. The fraction of sp³-hybridized carbons (Fsp3) is 0.0400. The molecule has 0 bridgehead atoms. The Balaban J connectivity index is 1.87. The molecule has 0 aliphatic carbocycles. The molecule has 0 aliphatic rings. The predicted octanol–water partition coefficient (Wildman–Crippen LogP) is 5.53. The van der Waals surface area contributed by atoms with E-state index in [1.807, 2.05) is 0 Å². The molecular weight excluding hydrogens is 458 g/mol. The number of ether oxygens (including phenoxy) is 1. The Morgan fingerprint density at radius 2 is 1.68 bits per heavy atom. The minimum Gasteiger partial charge on any atom is -0.497 e. The van der Waals surface area contributed by atoms with Crippen LogP contribution in [-0.2, 0) is 0 Å². The van der Waals surface area contributed by atoms with Gasteiger partial charge in [0.05, 0.1) is 29.0 Å². The first-order valence-corrected chi connectivity index (χ1v) is 10.4. The van der Waals surface area contributed by atoms with Crippen molar-refractivity contribution < 1.29 is 14.8 Å². The molecule has 0 radical (unpaired) electrons. The highest BCUT2D eigenvalue weighted by Gasteiger charge is 2.17. The standard InChI is InChI=1S/C25H18ClN3O5/c1-34-21-12-2-16(3-13-21)22-14-24(30)28(19-8-4-17(26)5-9-19)25(31)23(22)15-27-18-6-10-20(11-7-18)29(32)33/h2-15,31H,1H3. The number of hydrogen-bond acceptors (Lipinski definition) is 6. The Kier molecular flexibility index (Phi) is 6.42. The normalized spacial score (nSPS) is 11.0. The number of pyridine rings is 1. The first kappa shape index (κ1) is 22.8. The highest BCUT2D eigenvalue weighted by Crippen LogP contribution is 2.31. The number of nitrogens with zero attached hydrogens (tertiary/aromatic N) is 3. The second kappa shape index (κ2) is 9.60. The van der Waals surface area contributed by atoms with Crippen LogP contribution in [0.1, 0.15) is 5.56 Å². The van der Waals surface area contributed by atoms with Gasteiger partial charge in [-0.1, -0.05) is 23.7 Å². The van der Waals surface area contributed by atoms with Gasteiger partial charge in [-0.3, -0.25) is 19.9 Å². The number of non-ortho nitro benzene ring substituents is 1. The average molecular weight is 476 g/mol. The highest BCUT2D eigenvalue weighted by atomic mass is 35.5. The molecular formula is C25H18ClN3O5. The minimum atomic E-state index is -0.497. The number of hydrogen-bond donors (Lipinski definition) is 1. The summed E-state index contributed by atoms with van der Waals surface area (Å²) in [7, 11) is 1.55. The second-order valence-corrected chi connectivity index (χ2v) is 7.64. The van der Waals surface area contributed by atoms with Crippen LogP contribution in [0.25, 0.3) is 16.8 Å². The summed E-state index contributed by atoms with van der Waals surface area (Å²) in [5.41, 5.74) is 1.78. The van der Waals surface area contributed by atoms with E-state index in [1.165, 1.54) is 36.5 Å². The molecule has 0 fully saturated rings. The van der Waals surface area contributed by atoms with Crippen LogP contribution >= 0.6 is 11.6 Å². The van der Waals surface area contributed by atoms with E-state index < -0.39 is 10.5 Å². The molecule has 4 aromatic rings. The van der Waals surface area contributed by atoms with E-state index in [2.05, 4.69) is 4.99 Å². The number of aliphatic imine (C=N–C) groups is 1. The van der Waals surface area contributed by atoms with E-state index >= 15 is 0 Å². The minimum absolute atomic E-state index is 0.0583. The molecule has 0 saturated heterocycles. The molecule has 0 aliphatic heterocycles. The number of halogens is 1. The van der Waals surface area contributed by atoms with Gasteiger partial charge < -0.3 is 9.84 Å². The lowest BCUT2D eigenvalue weighted by Gasteiger charge is -2.15. The van der Waals surface area contributed by atoms with Crippen molar-refractivity contribution in [2.45, 2.75) is 0 Å². The van der Waals surface area contributed by atoms with Gasteiger partial charge in [0.25, 0.3) is 11.2 Å². The summed E-state index contributed by atoms with van der Waals surface area (Å²) in [6.45, 7) is 0. The van der Waals surface area contributed by atoms with E-state index in [0.717, 1.165) is 4.57 Å². The molecule has 170 valence electrons. The summed E-state index contributed by atoms with van der Waals surface area (Å²) in [6, 6.07) is 20.6. The lowest BCUT2D eigenvalue weighted by Crippen LogP contribution is -2.19. The number of rotatable bonds is 6. The van der Waals surface area contributed by atoms with Gasteiger partial charge in [0, 0.05) is 35.0 Å². The van der Waals surface area contributed by atoms with Gasteiger partial charge in [-0.15, -0.1) is 0 Å². The zero-order valence-corrected chi connectivity index (χ0v) is 18.6. The summed E-state index contributed by atoms with van der Waals surface area (Å²) in [6.07, 6.45) is 1.42. The smallest absolute Gasteiger partial charge is 0.269 e. The van der Waals surface area contributed by atoms with Crippen molar-refractivity contribution in [1.82, 2.24) is 4.57 Å². The molecule has 1 heterocycles. The van der Waals surface area contributed by atoms with Crippen molar-refractivity contribution in [3.8, 4) is 28.4 Å². The molecule has 0 spiro atoms. The topological polar surface area (TPSA) is 107 Å². The van der Waals surface area contributed by atoms with Crippen molar-refractivity contribution in [2.75, 3.05) is 7.11 Å². The first-order valence-electron chi connectivity index (χ1n) is 10.1. The largest absolute Gasteiger partial charge is 0.497 e. The lowest BCUT2D eigenvalue weighted by molar-refractivity contribution is -0.384. The monoisotopic (exact) mass is 475 g/mol. The Bertz CT molecular complexity index is 1430. The third-order valence-electron chi connectivity index (χ3n) is 5.12. The van der Waals surface area contributed by atoms with Crippen molar-refractivity contribution in [3.63, 3.8) is 0 Å². The van der Waals surface area contributed by atoms with Gasteiger partial charge in [-0.25, -0.2) is 4.57 Å². The molecule has 0 unspecified atom stereocenters. The number of methoxy groups -OCH3 is 1. The number of benzene rings is 3. The van der Waals surface area contributed by atoms with Crippen LogP contribution < -0.4 is 10.3 Å². The molecule has 0 amide bonds. The Morgan fingerprint density at radius 3 is 2.26 bits per heavy atom. The van der Waals surface area contributed by atoms with Gasteiger partial charge >= 0.3 is 0 Å². The molecule has 0 atom stereocenters. The maximum atomic E-state index is 13.0. The second-order valence-electron chi connectivity index (χ2n) is 7.21. The molecule has 1 N–H and O–H groups in total. The molecule has 0 saturated carbocycles. The van der Waals surface area contributed by atoms with Crippen molar-refractivity contribution in [1.29, 1.82) is 0 Å². The number of aromatic nitrogens is 1. The van der Waals surface area contributed by atoms with Crippen LogP contribution in [0.4, 0.5) is 11.4 Å². The van der Waals surface area contributed by atoms with E-state index in [-0.39, 0.29) is 17.1 Å². The Morgan fingerprint density at radius 1 is 1.03 bits per heavy atom. The third-order valence-corrected chi connectivity index (χ3v) is 5.37. The third kappa shape index (κ3) is 4.67. The van der Waals surface area contributed by atoms with Crippen LogP contribution in [-0.4, -0.2) is 27.9 Å². The van der Waals surface area contributed by atoms with Gasteiger partial charge in [0.15, 0.2) is 0 Å². The van der Waals surface area contributed by atoms with Crippen LogP contribution in [0.5, 0.6) is 11.6 Å². The number of aromatic hydroxyl groups is 1. The summed E-state index contributed by atoms with van der Waals surface area (Å²) in [4.78, 5) is 27.8. The van der Waals surface area contributed by atoms with Crippen LogP contribution in [0.2, 0.25) is 5.02 Å². The molecule has 1 aromatic heterocycles. The van der Waals surface area contributed by atoms with Crippen molar-refractivity contribution in [3.05, 3.63) is 110 Å². The number of nitro groups is 1. The maximum absolute atomic E-state index is 13.0. The highest BCUT2D eigenvalue weighted by molar-refractivity contribution is 6.30. The van der Waals surface area contributed by atoms with Crippen LogP contribution in [0.15, 0.2) is 88.6 Å². The fourth-order valence-corrected chi connectivity index (χ4v) is 3.51. The number of nitro benzene ring substituents is 1. The molecule has 8 nitrogen and oxygen atoms in total. The van der Waals surface area contributed by atoms with E-state index in [4.69, 9.17) is 16.3 Å². The summed E-state index contributed by atoms with van der Waals surface area (Å²) in [5.74, 6) is 0.329. The van der Waals surface area contributed by atoms with Crippen molar-refractivity contribution >= 4 is 29.2 Å². The van der Waals surface area contributed by atoms with Gasteiger partial charge in [-0.05, 0) is 54.1 Å². The average Bonchev–Trinajstić information content (AvgIpc) is 2.84. The van der Waals surface area contributed by atoms with E-state index in [9.17, 15) is 20.0 Å². The SMILES string of the molecule is COc1ccc(-c2cc(=O)n(-c3ccc(Cl)cc3)c(O)c2C=Nc2ccc([N+](=O)[O-])cc2)cc1. The Hall–Kier alpha value is -4.43. The van der Waals surface area contributed by atoms with Crippen LogP contribution in [0, 0.1) is 10.1 Å².